The highest BCUT2D eigenvalue weighted by Gasteiger charge is 2.14. The van der Waals surface area contributed by atoms with Crippen molar-refractivity contribution in [1.82, 2.24) is 9.80 Å². The summed E-state index contributed by atoms with van der Waals surface area (Å²) < 4.78 is 5.13. The number of ether oxygens (including phenoxy) is 1. The van der Waals surface area contributed by atoms with Gasteiger partial charge in [-0.3, -0.25) is 4.79 Å². The van der Waals surface area contributed by atoms with E-state index in [1.807, 2.05) is 0 Å². The molecule has 22 heavy (non-hydrogen) atoms. The third-order valence-electron chi connectivity index (χ3n) is 3.64. The second-order valence-corrected chi connectivity index (χ2v) is 5.76. The number of anilines is 1. The van der Waals surface area contributed by atoms with Crippen LogP contribution in [0.4, 0.5) is 5.69 Å². The topological polar surface area (TPSA) is 44.8 Å². The number of nitrogens with zero attached hydrogens (tertiary/aromatic N) is 2. The molecule has 2 rings (SSSR count). The summed E-state index contributed by atoms with van der Waals surface area (Å²) in [4.78, 5) is 16.6. The Hall–Kier alpha value is -1.01. The third kappa shape index (κ3) is 6.01. The van der Waals surface area contributed by atoms with E-state index in [4.69, 9.17) is 16.3 Å². The first-order chi connectivity index (χ1) is 10.1. The lowest BCUT2D eigenvalue weighted by molar-refractivity contribution is -0.116. The third-order valence-corrected chi connectivity index (χ3v) is 3.86. The molecule has 124 valence electrons. The minimum Gasteiger partial charge on any atom is -0.497 e. The number of hydrogen-bond donors (Lipinski definition) is 1. The quantitative estimate of drug-likeness (QED) is 0.887. The van der Waals surface area contributed by atoms with Crippen LogP contribution < -0.4 is 10.1 Å². The minimum atomic E-state index is -0.00162. The normalized spacial score (nSPS) is 16.0. The Bertz CT molecular complexity index is 492. The zero-order valence-corrected chi connectivity index (χ0v) is 14.5. The summed E-state index contributed by atoms with van der Waals surface area (Å²) >= 11 is 5.98. The molecule has 1 saturated heterocycles. The average molecular weight is 348 g/mol. The van der Waals surface area contributed by atoms with E-state index in [2.05, 4.69) is 22.2 Å². The van der Waals surface area contributed by atoms with E-state index >= 15 is 0 Å². The van der Waals surface area contributed by atoms with E-state index in [0.29, 0.717) is 22.9 Å². The molecule has 1 heterocycles. The first-order valence-corrected chi connectivity index (χ1v) is 7.50. The van der Waals surface area contributed by atoms with Gasteiger partial charge in [0.25, 0.3) is 0 Å². The van der Waals surface area contributed by atoms with Crippen LogP contribution in [-0.4, -0.2) is 62.6 Å². The lowest BCUT2D eigenvalue weighted by Gasteiger charge is -2.32. The second-order valence-electron chi connectivity index (χ2n) is 5.32. The Balaban J connectivity index is 0.00000242. The highest BCUT2D eigenvalue weighted by molar-refractivity contribution is 6.31. The van der Waals surface area contributed by atoms with Crippen LogP contribution in [0.15, 0.2) is 18.2 Å². The van der Waals surface area contributed by atoms with Gasteiger partial charge in [-0.15, -0.1) is 12.4 Å². The van der Waals surface area contributed by atoms with Gasteiger partial charge in [0.1, 0.15) is 5.75 Å². The van der Waals surface area contributed by atoms with Crippen molar-refractivity contribution in [3.8, 4) is 5.75 Å². The molecule has 1 aromatic rings. The first-order valence-electron chi connectivity index (χ1n) is 7.12. The molecule has 1 N–H and O–H groups in total. The van der Waals surface area contributed by atoms with Crippen molar-refractivity contribution < 1.29 is 9.53 Å². The van der Waals surface area contributed by atoms with Crippen LogP contribution in [0.25, 0.3) is 0 Å². The molecule has 0 radical (unpaired) electrons. The molecule has 0 spiro atoms. The van der Waals surface area contributed by atoms with Crippen molar-refractivity contribution >= 4 is 35.6 Å². The van der Waals surface area contributed by atoms with Crippen LogP contribution in [-0.2, 0) is 4.79 Å². The molecule has 0 aliphatic carbocycles. The molecule has 1 aliphatic rings. The number of halogens is 2. The first kappa shape index (κ1) is 19.0. The van der Waals surface area contributed by atoms with Crippen molar-refractivity contribution in [3.63, 3.8) is 0 Å². The van der Waals surface area contributed by atoms with Crippen molar-refractivity contribution in [1.29, 1.82) is 0 Å². The fraction of sp³-hybridized carbons (Fsp3) is 0.533. The summed E-state index contributed by atoms with van der Waals surface area (Å²) in [5.41, 5.74) is 0.669. The number of amides is 1. The summed E-state index contributed by atoms with van der Waals surface area (Å²) in [6, 6.07) is 5.19. The van der Waals surface area contributed by atoms with Gasteiger partial charge in [0, 0.05) is 55.9 Å². The predicted octanol–water partition coefficient (Wildman–Crippen LogP) is 2.35. The van der Waals surface area contributed by atoms with Crippen molar-refractivity contribution in [2.24, 2.45) is 0 Å². The predicted molar refractivity (Wildman–Crippen MR) is 92.4 cm³/mol. The van der Waals surface area contributed by atoms with E-state index in [9.17, 15) is 4.79 Å². The van der Waals surface area contributed by atoms with Gasteiger partial charge in [0.05, 0.1) is 7.11 Å². The Labute approximate surface area is 143 Å². The van der Waals surface area contributed by atoms with Crippen molar-refractivity contribution in [3.05, 3.63) is 23.2 Å². The number of hydrogen-bond acceptors (Lipinski definition) is 4. The molecule has 1 aromatic carbocycles. The van der Waals surface area contributed by atoms with Gasteiger partial charge in [0.15, 0.2) is 0 Å². The fourth-order valence-corrected chi connectivity index (χ4v) is 2.53. The van der Waals surface area contributed by atoms with Gasteiger partial charge >= 0.3 is 0 Å². The molecule has 0 atom stereocenters. The van der Waals surface area contributed by atoms with Crippen LogP contribution in [0, 0.1) is 0 Å². The molecular weight excluding hydrogens is 325 g/mol. The summed E-state index contributed by atoms with van der Waals surface area (Å²) in [6.07, 6.45) is 0.485. The van der Waals surface area contributed by atoms with Gasteiger partial charge in [-0.05, 0) is 19.2 Å². The maximum atomic E-state index is 12.0. The van der Waals surface area contributed by atoms with E-state index in [1.54, 1.807) is 25.3 Å². The number of carbonyl (C=O) groups is 1. The van der Waals surface area contributed by atoms with Gasteiger partial charge in [-0.25, -0.2) is 0 Å². The number of carbonyl (C=O) groups excluding carboxylic acids is 1. The van der Waals surface area contributed by atoms with E-state index in [0.717, 1.165) is 32.7 Å². The maximum absolute atomic E-state index is 12.0. The summed E-state index contributed by atoms with van der Waals surface area (Å²) in [6.45, 7) is 4.96. The van der Waals surface area contributed by atoms with Crippen LogP contribution in [0.1, 0.15) is 6.42 Å². The molecule has 1 amide bonds. The standard InChI is InChI=1S/C15H22ClN3O2.ClH/c1-18-5-7-19(8-6-18)4-3-15(20)17-13-9-12(16)10-14(11-13)21-2;/h9-11H,3-8H2,1-2H3,(H,17,20);1H. The molecule has 0 saturated carbocycles. The molecule has 0 bridgehead atoms. The second kappa shape index (κ2) is 9.20. The van der Waals surface area contributed by atoms with E-state index in [1.165, 1.54) is 0 Å². The van der Waals surface area contributed by atoms with Crippen LogP contribution >= 0.6 is 24.0 Å². The Kier molecular flexibility index (Phi) is 7.96. The molecule has 0 unspecified atom stereocenters. The average Bonchev–Trinajstić information content (AvgIpc) is 2.46. The number of piperazine rings is 1. The zero-order valence-electron chi connectivity index (χ0n) is 13.0. The van der Waals surface area contributed by atoms with Crippen molar-refractivity contribution in [2.75, 3.05) is 52.2 Å². The molecule has 1 fully saturated rings. The number of methoxy groups -OCH3 is 1. The van der Waals surface area contributed by atoms with Crippen LogP contribution in [0.2, 0.25) is 5.02 Å². The highest BCUT2D eigenvalue weighted by Crippen LogP contribution is 2.24. The lowest BCUT2D eigenvalue weighted by atomic mass is 10.2. The van der Waals surface area contributed by atoms with Gasteiger partial charge in [0.2, 0.25) is 5.91 Å². The van der Waals surface area contributed by atoms with Crippen LogP contribution in [0.3, 0.4) is 0 Å². The van der Waals surface area contributed by atoms with Gasteiger partial charge < -0.3 is 19.9 Å². The number of likely N-dealkylation sites (N-methyl/N-ethyl adjacent to an activating group) is 1. The van der Waals surface area contributed by atoms with Gasteiger partial charge in [-0.2, -0.15) is 0 Å². The number of rotatable bonds is 5. The highest BCUT2D eigenvalue weighted by atomic mass is 35.5. The van der Waals surface area contributed by atoms with Crippen molar-refractivity contribution in [2.45, 2.75) is 6.42 Å². The van der Waals surface area contributed by atoms with E-state index in [-0.39, 0.29) is 18.3 Å². The van der Waals surface area contributed by atoms with Crippen LogP contribution in [0.5, 0.6) is 5.75 Å². The summed E-state index contributed by atoms with van der Waals surface area (Å²) in [7, 11) is 3.70. The SMILES string of the molecule is COc1cc(Cl)cc(NC(=O)CCN2CCN(C)CC2)c1.Cl. The molecular formula is C15H23Cl2N3O2. The molecule has 5 nitrogen and oxygen atoms in total. The Morgan fingerprint density at radius 1 is 1.27 bits per heavy atom. The molecule has 7 heteroatoms. The monoisotopic (exact) mass is 347 g/mol. The van der Waals surface area contributed by atoms with E-state index < -0.39 is 0 Å². The summed E-state index contributed by atoms with van der Waals surface area (Å²) in [5.74, 6) is 0.634. The number of nitrogens with one attached hydrogen (secondary N) is 1. The zero-order chi connectivity index (χ0) is 15.2. The fourth-order valence-electron chi connectivity index (χ4n) is 2.31. The number of benzene rings is 1. The van der Waals surface area contributed by atoms with Gasteiger partial charge in [-0.1, -0.05) is 11.6 Å². The Morgan fingerprint density at radius 2 is 1.95 bits per heavy atom. The minimum absolute atomic E-state index is 0. The maximum Gasteiger partial charge on any atom is 0.225 e. The smallest absolute Gasteiger partial charge is 0.225 e. The summed E-state index contributed by atoms with van der Waals surface area (Å²) in [5, 5.41) is 3.41. The molecule has 0 aromatic heterocycles. The lowest BCUT2D eigenvalue weighted by Crippen LogP contribution is -2.45. The largest absolute Gasteiger partial charge is 0.497 e. The Morgan fingerprint density at radius 3 is 2.59 bits per heavy atom. The molecule has 1 aliphatic heterocycles.